The molecular formula is C21H25IN2O3. The predicted octanol–water partition coefficient (Wildman–Crippen LogP) is 3.56. The Morgan fingerprint density at radius 1 is 1.04 bits per heavy atom. The lowest BCUT2D eigenvalue weighted by molar-refractivity contribution is -0.120. The monoisotopic (exact) mass is 480 g/mol. The van der Waals surface area contributed by atoms with E-state index < -0.39 is 0 Å². The molecule has 144 valence electrons. The standard InChI is InChI=1S/C21H25IN2O3/c1-2-3-14-27-17-10-8-16(9-11-17)12-13-23-20(25)15-24-21(26)18-6-4-5-7-19(18)22/h4-11H,2-3,12-15H2,1H3,(H,23,25)(H,24,26). The number of ether oxygens (including phenoxy) is 1. The number of nitrogens with one attached hydrogen (secondary N) is 2. The minimum absolute atomic E-state index is 0.0337. The maximum atomic E-state index is 12.1. The van der Waals surface area contributed by atoms with Crippen LogP contribution in [0.5, 0.6) is 5.75 Å². The van der Waals surface area contributed by atoms with Crippen LogP contribution >= 0.6 is 22.6 Å². The topological polar surface area (TPSA) is 67.4 Å². The van der Waals surface area contributed by atoms with Gasteiger partial charge in [0.15, 0.2) is 0 Å². The van der Waals surface area contributed by atoms with Gasteiger partial charge in [0.05, 0.1) is 18.7 Å². The first-order valence-corrected chi connectivity index (χ1v) is 10.2. The summed E-state index contributed by atoms with van der Waals surface area (Å²) in [4.78, 5) is 24.0. The third-order valence-electron chi connectivity index (χ3n) is 3.95. The third-order valence-corrected chi connectivity index (χ3v) is 4.89. The first-order valence-electron chi connectivity index (χ1n) is 9.11. The van der Waals surface area contributed by atoms with E-state index in [4.69, 9.17) is 4.74 Å². The molecule has 0 spiro atoms. The smallest absolute Gasteiger partial charge is 0.252 e. The molecule has 0 saturated heterocycles. The van der Waals surface area contributed by atoms with Crippen molar-refractivity contribution in [3.05, 3.63) is 63.2 Å². The lowest BCUT2D eigenvalue weighted by Crippen LogP contribution is -2.37. The van der Waals surface area contributed by atoms with Crippen LogP contribution in [0.2, 0.25) is 0 Å². The molecule has 27 heavy (non-hydrogen) atoms. The minimum Gasteiger partial charge on any atom is -0.494 e. The Morgan fingerprint density at radius 2 is 1.78 bits per heavy atom. The average molecular weight is 480 g/mol. The second-order valence-corrected chi connectivity index (χ2v) is 7.27. The van der Waals surface area contributed by atoms with Crippen molar-refractivity contribution < 1.29 is 14.3 Å². The van der Waals surface area contributed by atoms with Gasteiger partial charge in [0.25, 0.3) is 5.91 Å². The van der Waals surface area contributed by atoms with E-state index in [2.05, 4.69) is 40.1 Å². The lowest BCUT2D eigenvalue weighted by Gasteiger charge is -2.09. The Hall–Kier alpha value is -2.09. The zero-order valence-electron chi connectivity index (χ0n) is 15.5. The molecule has 0 atom stereocenters. The molecule has 0 radical (unpaired) electrons. The van der Waals surface area contributed by atoms with Gasteiger partial charge < -0.3 is 15.4 Å². The summed E-state index contributed by atoms with van der Waals surface area (Å²) in [6.07, 6.45) is 2.89. The van der Waals surface area contributed by atoms with E-state index in [9.17, 15) is 9.59 Å². The van der Waals surface area contributed by atoms with Crippen molar-refractivity contribution in [2.24, 2.45) is 0 Å². The zero-order valence-corrected chi connectivity index (χ0v) is 17.6. The van der Waals surface area contributed by atoms with Gasteiger partial charge in [-0.25, -0.2) is 0 Å². The van der Waals surface area contributed by atoms with E-state index in [1.807, 2.05) is 36.4 Å². The van der Waals surface area contributed by atoms with Gasteiger partial charge in [-0.1, -0.05) is 37.6 Å². The minimum atomic E-state index is -0.242. The summed E-state index contributed by atoms with van der Waals surface area (Å²) in [5.41, 5.74) is 1.70. The Bertz CT molecular complexity index is 747. The second-order valence-electron chi connectivity index (χ2n) is 6.11. The van der Waals surface area contributed by atoms with Gasteiger partial charge in [-0.3, -0.25) is 9.59 Å². The maximum absolute atomic E-state index is 12.1. The van der Waals surface area contributed by atoms with Crippen LogP contribution in [0.4, 0.5) is 0 Å². The van der Waals surface area contributed by atoms with Crippen LogP contribution in [0.3, 0.4) is 0 Å². The largest absolute Gasteiger partial charge is 0.494 e. The van der Waals surface area contributed by atoms with Crippen LogP contribution in [0.25, 0.3) is 0 Å². The average Bonchev–Trinajstić information content (AvgIpc) is 2.68. The fourth-order valence-corrected chi connectivity index (χ4v) is 3.03. The molecule has 5 nitrogen and oxygen atoms in total. The number of amides is 2. The van der Waals surface area contributed by atoms with E-state index in [0.717, 1.165) is 40.8 Å². The molecule has 2 aromatic rings. The molecular weight excluding hydrogens is 455 g/mol. The van der Waals surface area contributed by atoms with Gasteiger partial charge in [-0.15, -0.1) is 0 Å². The first-order chi connectivity index (χ1) is 13.1. The van der Waals surface area contributed by atoms with E-state index in [0.29, 0.717) is 12.1 Å². The first kappa shape index (κ1) is 21.2. The number of rotatable bonds is 10. The lowest BCUT2D eigenvalue weighted by atomic mass is 10.1. The summed E-state index contributed by atoms with van der Waals surface area (Å²) in [5.74, 6) is 0.428. The molecule has 0 aliphatic heterocycles. The number of hydrogen-bond donors (Lipinski definition) is 2. The molecule has 2 N–H and O–H groups in total. The molecule has 0 aliphatic rings. The van der Waals surface area contributed by atoms with Crippen molar-refractivity contribution in [3.63, 3.8) is 0 Å². The van der Waals surface area contributed by atoms with E-state index in [-0.39, 0.29) is 18.4 Å². The zero-order chi connectivity index (χ0) is 19.5. The fourth-order valence-electron chi connectivity index (χ4n) is 2.40. The van der Waals surface area contributed by atoms with Gasteiger partial charge in [0.2, 0.25) is 5.91 Å². The SMILES string of the molecule is CCCCOc1ccc(CCNC(=O)CNC(=O)c2ccccc2I)cc1. The third kappa shape index (κ3) is 7.58. The van der Waals surface area contributed by atoms with Crippen molar-refractivity contribution >= 4 is 34.4 Å². The Balaban J connectivity index is 1.67. The van der Waals surface area contributed by atoms with Crippen molar-refractivity contribution in [1.29, 1.82) is 0 Å². The highest BCUT2D eigenvalue weighted by molar-refractivity contribution is 14.1. The van der Waals surface area contributed by atoms with Crippen LogP contribution in [0, 0.1) is 3.57 Å². The van der Waals surface area contributed by atoms with Crippen molar-refractivity contribution in [2.45, 2.75) is 26.2 Å². The highest BCUT2D eigenvalue weighted by Gasteiger charge is 2.10. The van der Waals surface area contributed by atoms with Gasteiger partial charge >= 0.3 is 0 Å². The molecule has 6 heteroatoms. The van der Waals surface area contributed by atoms with Crippen LogP contribution in [-0.2, 0) is 11.2 Å². The molecule has 0 aliphatic carbocycles. The Labute approximate surface area is 174 Å². The number of hydrogen-bond acceptors (Lipinski definition) is 3. The van der Waals surface area contributed by atoms with E-state index in [1.54, 1.807) is 12.1 Å². The Morgan fingerprint density at radius 3 is 2.48 bits per heavy atom. The summed E-state index contributed by atoms with van der Waals surface area (Å²) in [6, 6.07) is 15.2. The van der Waals surface area contributed by atoms with Gasteiger partial charge in [0.1, 0.15) is 5.75 Å². The number of carbonyl (C=O) groups excluding carboxylic acids is 2. The summed E-state index contributed by atoms with van der Waals surface area (Å²) >= 11 is 2.10. The molecule has 0 heterocycles. The molecule has 2 amide bonds. The maximum Gasteiger partial charge on any atom is 0.252 e. The summed E-state index contributed by atoms with van der Waals surface area (Å²) in [5, 5.41) is 5.47. The molecule has 0 fully saturated rings. The Kier molecular flexibility index (Phi) is 9.10. The predicted molar refractivity (Wildman–Crippen MR) is 115 cm³/mol. The molecule has 0 saturated carbocycles. The normalized spacial score (nSPS) is 10.3. The second kappa shape index (κ2) is 11.6. The van der Waals surface area contributed by atoms with Crippen LogP contribution < -0.4 is 15.4 Å². The molecule has 0 aromatic heterocycles. The fraction of sp³-hybridized carbons (Fsp3) is 0.333. The number of halogens is 1. The highest BCUT2D eigenvalue weighted by atomic mass is 127. The highest BCUT2D eigenvalue weighted by Crippen LogP contribution is 2.13. The van der Waals surface area contributed by atoms with Crippen molar-refractivity contribution in [1.82, 2.24) is 10.6 Å². The van der Waals surface area contributed by atoms with Crippen LogP contribution in [0.1, 0.15) is 35.7 Å². The van der Waals surface area contributed by atoms with Crippen LogP contribution in [-0.4, -0.2) is 31.5 Å². The van der Waals surface area contributed by atoms with Crippen molar-refractivity contribution in [3.8, 4) is 5.75 Å². The molecule has 2 rings (SSSR count). The van der Waals surface area contributed by atoms with Gasteiger partial charge in [-0.2, -0.15) is 0 Å². The summed E-state index contributed by atoms with van der Waals surface area (Å²) < 4.78 is 6.49. The number of benzene rings is 2. The summed E-state index contributed by atoms with van der Waals surface area (Å²) in [7, 11) is 0. The van der Waals surface area contributed by atoms with Gasteiger partial charge in [0, 0.05) is 10.1 Å². The molecule has 0 unspecified atom stereocenters. The quantitative estimate of drug-likeness (QED) is 0.404. The van der Waals surface area contributed by atoms with E-state index in [1.165, 1.54) is 0 Å². The summed E-state index contributed by atoms with van der Waals surface area (Å²) in [6.45, 7) is 3.36. The molecule has 2 aromatic carbocycles. The van der Waals surface area contributed by atoms with Crippen LogP contribution in [0.15, 0.2) is 48.5 Å². The number of unbranched alkanes of at least 4 members (excludes halogenated alkanes) is 1. The van der Waals surface area contributed by atoms with Crippen molar-refractivity contribution in [2.75, 3.05) is 19.7 Å². The van der Waals surface area contributed by atoms with Gasteiger partial charge in [-0.05, 0) is 65.3 Å². The number of carbonyl (C=O) groups is 2. The van der Waals surface area contributed by atoms with E-state index >= 15 is 0 Å². The molecule has 0 bridgehead atoms.